The van der Waals surface area contributed by atoms with Crippen LogP contribution >= 0.6 is 11.6 Å². The average Bonchev–Trinajstić information content (AvgIpc) is 2.04. The third kappa shape index (κ3) is 2.17. The number of nitrogens with zero attached hydrogens (tertiary/aromatic N) is 1. The minimum atomic E-state index is -0.720. The van der Waals surface area contributed by atoms with E-state index < -0.39 is 6.10 Å². The zero-order valence-corrected chi connectivity index (χ0v) is 7.49. The molecule has 1 aromatic rings. The van der Waals surface area contributed by atoms with E-state index in [0.717, 1.165) is 0 Å². The maximum Gasteiger partial charge on any atom is 0.111 e. The van der Waals surface area contributed by atoms with Gasteiger partial charge >= 0.3 is 0 Å². The maximum atomic E-state index is 9.46. The highest BCUT2D eigenvalue weighted by atomic mass is 35.5. The SMILES string of the molecule is C[C@H](N)[C@@H](O)c1ccc(Cl)cn1. The second-order valence-corrected chi connectivity index (χ2v) is 3.14. The number of aliphatic hydroxyl groups excluding tert-OH is 1. The molecule has 0 aliphatic carbocycles. The minimum absolute atomic E-state index is 0.321. The summed E-state index contributed by atoms with van der Waals surface area (Å²) in [5.74, 6) is 0. The zero-order chi connectivity index (χ0) is 9.14. The average molecular weight is 187 g/mol. The molecule has 3 nitrogen and oxygen atoms in total. The first-order valence-electron chi connectivity index (χ1n) is 3.66. The van der Waals surface area contributed by atoms with Gasteiger partial charge in [0.05, 0.1) is 10.7 Å². The van der Waals surface area contributed by atoms with Crippen LogP contribution in [0.5, 0.6) is 0 Å². The monoisotopic (exact) mass is 186 g/mol. The molecule has 0 aromatic carbocycles. The molecule has 12 heavy (non-hydrogen) atoms. The van der Waals surface area contributed by atoms with Crippen LogP contribution in [0.2, 0.25) is 5.02 Å². The normalized spacial score (nSPS) is 15.7. The second kappa shape index (κ2) is 3.85. The van der Waals surface area contributed by atoms with E-state index in [4.69, 9.17) is 17.3 Å². The molecular formula is C8H11ClN2O. The molecule has 0 spiro atoms. The number of rotatable bonds is 2. The third-order valence-electron chi connectivity index (χ3n) is 1.55. The number of pyridine rings is 1. The van der Waals surface area contributed by atoms with E-state index in [9.17, 15) is 5.11 Å². The molecule has 0 saturated carbocycles. The molecule has 0 aliphatic rings. The fourth-order valence-electron chi connectivity index (χ4n) is 0.832. The lowest BCUT2D eigenvalue weighted by molar-refractivity contribution is 0.149. The second-order valence-electron chi connectivity index (χ2n) is 2.71. The van der Waals surface area contributed by atoms with Crippen LogP contribution in [0.25, 0.3) is 0 Å². The van der Waals surface area contributed by atoms with Gasteiger partial charge in [0, 0.05) is 12.2 Å². The molecule has 0 aliphatic heterocycles. The topological polar surface area (TPSA) is 59.1 Å². The van der Waals surface area contributed by atoms with E-state index in [-0.39, 0.29) is 6.04 Å². The Morgan fingerprint density at radius 2 is 2.25 bits per heavy atom. The summed E-state index contributed by atoms with van der Waals surface area (Å²) in [5, 5.41) is 10.0. The molecule has 0 bridgehead atoms. The highest BCUT2D eigenvalue weighted by molar-refractivity contribution is 6.30. The molecule has 0 unspecified atom stereocenters. The Kier molecular flexibility index (Phi) is 3.03. The Morgan fingerprint density at radius 1 is 1.58 bits per heavy atom. The number of halogens is 1. The van der Waals surface area contributed by atoms with Gasteiger partial charge in [-0.2, -0.15) is 0 Å². The molecule has 0 amide bonds. The smallest absolute Gasteiger partial charge is 0.111 e. The molecule has 4 heteroatoms. The lowest BCUT2D eigenvalue weighted by atomic mass is 10.1. The summed E-state index contributed by atoms with van der Waals surface area (Å²) in [6.07, 6.45) is 0.768. The first-order valence-corrected chi connectivity index (χ1v) is 4.04. The molecule has 0 fully saturated rings. The van der Waals surface area contributed by atoms with E-state index in [0.29, 0.717) is 10.7 Å². The number of nitrogens with two attached hydrogens (primary N) is 1. The van der Waals surface area contributed by atoms with Crippen molar-refractivity contribution in [1.82, 2.24) is 4.98 Å². The van der Waals surface area contributed by atoms with E-state index in [2.05, 4.69) is 4.98 Å². The van der Waals surface area contributed by atoms with Crippen LogP contribution in [0.15, 0.2) is 18.3 Å². The van der Waals surface area contributed by atoms with Gasteiger partial charge in [0.1, 0.15) is 6.10 Å². The lowest BCUT2D eigenvalue weighted by Crippen LogP contribution is -2.24. The lowest BCUT2D eigenvalue weighted by Gasteiger charge is -2.13. The molecule has 3 N–H and O–H groups in total. The maximum absolute atomic E-state index is 9.46. The third-order valence-corrected chi connectivity index (χ3v) is 1.77. The van der Waals surface area contributed by atoms with Crippen molar-refractivity contribution in [2.45, 2.75) is 19.1 Å². The zero-order valence-electron chi connectivity index (χ0n) is 6.74. The fraction of sp³-hybridized carbons (Fsp3) is 0.375. The highest BCUT2D eigenvalue weighted by Gasteiger charge is 2.12. The van der Waals surface area contributed by atoms with Crippen LogP contribution in [0, 0.1) is 0 Å². The molecule has 2 atom stereocenters. The standard InChI is InChI=1S/C8H11ClN2O/c1-5(10)8(12)7-3-2-6(9)4-11-7/h2-5,8,12H,10H2,1H3/t5-,8+/m0/s1. The van der Waals surface area contributed by atoms with Crippen molar-refractivity contribution < 1.29 is 5.11 Å². The number of aliphatic hydroxyl groups is 1. The highest BCUT2D eigenvalue weighted by Crippen LogP contribution is 2.14. The van der Waals surface area contributed by atoms with Gasteiger partial charge < -0.3 is 10.8 Å². The Hall–Kier alpha value is -0.640. The number of hydrogen-bond acceptors (Lipinski definition) is 3. The summed E-state index contributed by atoms with van der Waals surface area (Å²) in [6.45, 7) is 1.72. The van der Waals surface area contributed by atoms with Crippen molar-refractivity contribution in [3.63, 3.8) is 0 Å². The molecule has 0 radical (unpaired) electrons. The molecule has 1 aromatic heterocycles. The van der Waals surface area contributed by atoms with Gasteiger partial charge in [-0.1, -0.05) is 11.6 Å². The summed E-state index contributed by atoms with van der Waals surface area (Å²) in [4.78, 5) is 3.94. The Labute approximate surface area is 76.2 Å². The minimum Gasteiger partial charge on any atom is -0.385 e. The van der Waals surface area contributed by atoms with Crippen molar-refractivity contribution in [3.05, 3.63) is 29.0 Å². The van der Waals surface area contributed by atoms with Crippen molar-refractivity contribution in [3.8, 4) is 0 Å². The van der Waals surface area contributed by atoms with Crippen LogP contribution in [0.1, 0.15) is 18.7 Å². The first-order chi connectivity index (χ1) is 5.61. The van der Waals surface area contributed by atoms with Crippen molar-refractivity contribution in [1.29, 1.82) is 0 Å². The Bertz CT molecular complexity index is 248. The van der Waals surface area contributed by atoms with E-state index in [1.165, 1.54) is 6.20 Å². The van der Waals surface area contributed by atoms with Crippen LogP contribution in [-0.2, 0) is 0 Å². The first kappa shape index (κ1) is 9.45. The number of hydrogen-bond donors (Lipinski definition) is 2. The van der Waals surface area contributed by atoms with Gasteiger partial charge in [0.2, 0.25) is 0 Å². The molecule has 1 rings (SSSR count). The van der Waals surface area contributed by atoms with Crippen molar-refractivity contribution >= 4 is 11.6 Å². The largest absolute Gasteiger partial charge is 0.385 e. The van der Waals surface area contributed by atoms with Crippen LogP contribution in [-0.4, -0.2) is 16.1 Å². The summed E-state index contributed by atoms with van der Waals surface area (Å²) < 4.78 is 0. The quantitative estimate of drug-likeness (QED) is 0.728. The fourth-order valence-corrected chi connectivity index (χ4v) is 0.943. The van der Waals surface area contributed by atoms with Crippen LogP contribution in [0.4, 0.5) is 0 Å². The molecule has 1 heterocycles. The van der Waals surface area contributed by atoms with Crippen LogP contribution < -0.4 is 5.73 Å². The number of aromatic nitrogens is 1. The summed E-state index contributed by atoms with van der Waals surface area (Å²) in [5.41, 5.74) is 6.03. The van der Waals surface area contributed by atoms with Gasteiger partial charge in [0.25, 0.3) is 0 Å². The predicted molar refractivity (Wildman–Crippen MR) is 47.9 cm³/mol. The Balaban J connectivity index is 2.82. The van der Waals surface area contributed by atoms with E-state index in [1.54, 1.807) is 19.1 Å². The summed E-state index contributed by atoms with van der Waals surface area (Å²) >= 11 is 5.62. The predicted octanol–water partition coefficient (Wildman–Crippen LogP) is 1.12. The van der Waals surface area contributed by atoms with Gasteiger partial charge in [-0.25, -0.2) is 0 Å². The van der Waals surface area contributed by atoms with Crippen LogP contribution in [0.3, 0.4) is 0 Å². The van der Waals surface area contributed by atoms with Gasteiger partial charge in [-0.05, 0) is 19.1 Å². The van der Waals surface area contributed by atoms with E-state index in [1.807, 2.05) is 0 Å². The molecular weight excluding hydrogens is 176 g/mol. The van der Waals surface area contributed by atoms with Crippen molar-refractivity contribution in [2.75, 3.05) is 0 Å². The molecule has 66 valence electrons. The summed E-state index contributed by atoms with van der Waals surface area (Å²) in [6, 6.07) is 3.02. The Morgan fingerprint density at radius 3 is 2.67 bits per heavy atom. The van der Waals surface area contributed by atoms with Crippen molar-refractivity contribution in [2.24, 2.45) is 5.73 Å². The van der Waals surface area contributed by atoms with Gasteiger partial charge in [-0.15, -0.1) is 0 Å². The van der Waals surface area contributed by atoms with E-state index >= 15 is 0 Å². The molecule has 0 saturated heterocycles. The summed E-state index contributed by atoms with van der Waals surface area (Å²) in [7, 11) is 0. The van der Waals surface area contributed by atoms with Gasteiger partial charge in [0.15, 0.2) is 0 Å². The van der Waals surface area contributed by atoms with Gasteiger partial charge in [-0.3, -0.25) is 4.98 Å².